The molecule has 6 nitrogen and oxygen atoms in total. The second-order valence-corrected chi connectivity index (χ2v) is 20.9. The van der Waals surface area contributed by atoms with Gasteiger partial charge in [-0.3, -0.25) is 14.4 Å². The Hall–Kier alpha value is -2.89. The van der Waals surface area contributed by atoms with E-state index >= 15 is 0 Å². The van der Waals surface area contributed by atoms with Gasteiger partial charge in [-0.1, -0.05) is 281 Å². The van der Waals surface area contributed by atoms with Gasteiger partial charge in [0.2, 0.25) is 0 Å². The molecule has 1 atom stereocenters. The van der Waals surface area contributed by atoms with Crippen molar-refractivity contribution in [2.45, 2.75) is 329 Å². The average Bonchev–Trinajstić information content (AvgIpc) is 3.38. The van der Waals surface area contributed by atoms with Gasteiger partial charge < -0.3 is 14.2 Å². The monoisotopic (exact) mass is 1010 g/mol. The molecule has 1 unspecified atom stereocenters. The molecule has 0 aliphatic rings. The lowest BCUT2D eigenvalue weighted by molar-refractivity contribution is -0.167. The number of hydrogen-bond donors (Lipinski definition) is 0. The third-order valence-electron chi connectivity index (χ3n) is 13.8. The number of carbonyl (C=O) groups excluding carboxylic acids is 3. The van der Waals surface area contributed by atoms with Crippen LogP contribution in [-0.4, -0.2) is 37.2 Å². The van der Waals surface area contributed by atoms with Gasteiger partial charge in [-0.15, -0.1) is 0 Å². The van der Waals surface area contributed by atoms with Crippen LogP contribution in [0.4, 0.5) is 0 Å². The fourth-order valence-corrected chi connectivity index (χ4v) is 9.08. The normalized spacial score (nSPS) is 12.4. The summed E-state index contributed by atoms with van der Waals surface area (Å²) < 4.78 is 16.9. The van der Waals surface area contributed by atoms with Crippen LogP contribution in [-0.2, 0) is 28.6 Å². The molecule has 0 saturated heterocycles. The molecule has 0 saturated carbocycles. The molecule has 0 aliphatic heterocycles. The largest absolute Gasteiger partial charge is 0.462 e. The first kappa shape index (κ1) is 69.1. The Labute approximate surface area is 447 Å². The van der Waals surface area contributed by atoms with E-state index in [4.69, 9.17) is 14.2 Å². The molecule has 0 N–H and O–H groups in total. The van der Waals surface area contributed by atoms with Crippen molar-refractivity contribution in [1.29, 1.82) is 0 Å². The van der Waals surface area contributed by atoms with Gasteiger partial charge in [0, 0.05) is 19.3 Å². The van der Waals surface area contributed by atoms with E-state index in [-0.39, 0.29) is 31.1 Å². The zero-order chi connectivity index (χ0) is 52.2. The van der Waals surface area contributed by atoms with Gasteiger partial charge in [0.1, 0.15) is 13.2 Å². The topological polar surface area (TPSA) is 78.9 Å². The van der Waals surface area contributed by atoms with Crippen molar-refractivity contribution in [3.05, 3.63) is 60.8 Å². The van der Waals surface area contributed by atoms with Crippen molar-refractivity contribution in [3.63, 3.8) is 0 Å². The number of hydrogen-bond acceptors (Lipinski definition) is 6. The smallest absolute Gasteiger partial charge is 0.306 e. The Morgan fingerprint density at radius 2 is 0.542 bits per heavy atom. The highest BCUT2D eigenvalue weighted by Crippen LogP contribution is 2.17. The summed E-state index contributed by atoms with van der Waals surface area (Å²) in [6.07, 6.45) is 76.4. The van der Waals surface area contributed by atoms with Crippen molar-refractivity contribution in [3.8, 4) is 0 Å². The van der Waals surface area contributed by atoms with Crippen LogP contribution in [0.25, 0.3) is 0 Å². The molecule has 72 heavy (non-hydrogen) atoms. The minimum atomic E-state index is -0.780. The molecule has 0 aromatic heterocycles. The Bertz CT molecular complexity index is 1290. The molecule has 0 aromatic rings. The molecular weight excluding hydrogens is 889 g/mol. The maximum Gasteiger partial charge on any atom is 0.306 e. The molecule has 0 heterocycles. The van der Waals surface area contributed by atoms with Gasteiger partial charge >= 0.3 is 17.9 Å². The number of unbranched alkanes of at least 4 members (excludes halogenated alkanes) is 36. The van der Waals surface area contributed by atoms with Crippen molar-refractivity contribution < 1.29 is 28.6 Å². The van der Waals surface area contributed by atoms with E-state index in [0.717, 1.165) is 89.9 Å². The molecule has 0 fully saturated rings. The van der Waals surface area contributed by atoms with Crippen LogP contribution in [0, 0.1) is 0 Å². The quantitative estimate of drug-likeness (QED) is 0.0261. The highest BCUT2D eigenvalue weighted by atomic mass is 16.6. The predicted octanol–water partition coefficient (Wildman–Crippen LogP) is 21.2. The van der Waals surface area contributed by atoms with E-state index in [1.807, 2.05) is 0 Å². The van der Waals surface area contributed by atoms with E-state index in [2.05, 4.69) is 81.5 Å². The summed E-state index contributed by atoms with van der Waals surface area (Å²) >= 11 is 0. The van der Waals surface area contributed by atoms with Gasteiger partial charge in [0.25, 0.3) is 0 Å². The van der Waals surface area contributed by atoms with Crippen molar-refractivity contribution in [2.75, 3.05) is 13.2 Å². The summed E-state index contributed by atoms with van der Waals surface area (Å²) in [6.45, 7) is 6.56. The fourth-order valence-electron chi connectivity index (χ4n) is 9.08. The zero-order valence-corrected chi connectivity index (χ0v) is 47.9. The number of carbonyl (C=O) groups is 3. The first-order valence-corrected chi connectivity index (χ1v) is 31.3. The summed E-state index contributed by atoms with van der Waals surface area (Å²) in [5, 5.41) is 0. The van der Waals surface area contributed by atoms with E-state index in [1.165, 1.54) is 193 Å². The third kappa shape index (κ3) is 58.0. The summed E-state index contributed by atoms with van der Waals surface area (Å²) in [4.78, 5) is 38.3. The highest BCUT2D eigenvalue weighted by Gasteiger charge is 2.19. The highest BCUT2D eigenvalue weighted by molar-refractivity contribution is 5.71. The number of allylic oxidation sites excluding steroid dienone is 10. The number of esters is 3. The van der Waals surface area contributed by atoms with Gasteiger partial charge in [-0.25, -0.2) is 0 Å². The SMILES string of the molecule is CC/C=C\C/C=C\C/C=C\C/C=C\CCCCCCCCC(=O)OCC(COC(=O)CCCCCCCCCCCCCCCCCC)OC(=O)CCCCCCCCCCC/C=C\CCCCCCCC. The van der Waals surface area contributed by atoms with Gasteiger partial charge in [-0.05, 0) is 83.5 Å². The number of ether oxygens (including phenoxy) is 3. The van der Waals surface area contributed by atoms with Crippen LogP contribution in [0.15, 0.2) is 60.8 Å². The molecule has 0 aliphatic carbocycles. The molecular formula is C66H118O6. The molecule has 0 amide bonds. The first-order valence-electron chi connectivity index (χ1n) is 31.3. The zero-order valence-electron chi connectivity index (χ0n) is 47.9. The minimum absolute atomic E-state index is 0.0763. The molecule has 0 radical (unpaired) electrons. The maximum absolute atomic E-state index is 12.9. The standard InChI is InChI=1S/C66H118O6/c1-4-7-10-13-16-19-22-25-28-31-33-35-38-41-44-47-50-53-56-59-65(68)71-62-63(61-70-64(67)58-55-52-49-46-43-40-37-30-27-24-21-18-15-12-9-6-3)72-66(69)60-57-54-51-48-45-42-39-36-34-32-29-26-23-20-17-14-11-8-5-2/h7,10,16,19,25-26,28-29,33,35,63H,4-6,8-9,11-15,17-18,20-24,27,30-32,34,36-62H2,1-3H3/b10-7-,19-16-,28-25-,29-26-,35-33-. The van der Waals surface area contributed by atoms with Crippen molar-refractivity contribution in [2.24, 2.45) is 0 Å². The van der Waals surface area contributed by atoms with Crippen LogP contribution in [0.5, 0.6) is 0 Å². The van der Waals surface area contributed by atoms with Crippen LogP contribution in [0.2, 0.25) is 0 Å². The van der Waals surface area contributed by atoms with Crippen molar-refractivity contribution >= 4 is 17.9 Å². The second-order valence-electron chi connectivity index (χ2n) is 20.9. The molecule has 418 valence electrons. The summed E-state index contributed by atoms with van der Waals surface area (Å²) in [6, 6.07) is 0. The fraction of sp³-hybridized carbons (Fsp3) is 0.803. The van der Waals surface area contributed by atoms with Gasteiger partial charge in [0.05, 0.1) is 0 Å². The van der Waals surface area contributed by atoms with E-state index < -0.39 is 6.10 Å². The van der Waals surface area contributed by atoms with Crippen LogP contribution >= 0.6 is 0 Å². The summed E-state index contributed by atoms with van der Waals surface area (Å²) in [5.74, 6) is -0.875. The summed E-state index contributed by atoms with van der Waals surface area (Å²) in [7, 11) is 0. The number of rotatable bonds is 57. The molecule has 0 bridgehead atoms. The predicted molar refractivity (Wildman–Crippen MR) is 312 cm³/mol. The molecule has 0 spiro atoms. The lowest BCUT2D eigenvalue weighted by atomic mass is 10.0. The minimum Gasteiger partial charge on any atom is -0.462 e. The third-order valence-corrected chi connectivity index (χ3v) is 13.8. The van der Waals surface area contributed by atoms with Crippen LogP contribution < -0.4 is 0 Å². The van der Waals surface area contributed by atoms with E-state index in [1.54, 1.807) is 0 Å². The average molecular weight is 1010 g/mol. The Morgan fingerprint density at radius 1 is 0.292 bits per heavy atom. The van der Waals surface area contributed by atoms with Crippen LogP contribution in [0.3, 0.4) is 0 Å². The van der Waals surface area contributed by atoms with E-state index in [9.17, 15) is 14.4 Å². The summed E-state index contributed by atoms with van der Waals surface area (Å²) in [5.41, 5.74) is 0. The second kappa shape index (κ2) is 60.7. The lowest BCUT2D eigenvalue weighted by Crippen LogP contribution is -2.30. The van der Waals surface area contributed by atoms with E-state index in [0.29, 0.717) is 19.3 Å². The lowest BCUT2D eigenvalue weighted by Gasteiger charge is -2.18. The first-order chi connectivity index (χ1) is 35.5. The molecule has 0 aromatic carbocycles. The van der Waals surface area contributed by atoms with Gasteiger partial charge in [0.15, 0.2) is 6.10 Å². The molecule has 0 rings (SSSR count). The van der Waals surface area contributed by atoms with Crippen LogP contribution in [0.1, 0.15) is 323 Å². The van der Waals surface area contributed by atoms with Gasteiger partial charge in [-0.2, -0.15) is 0 Å². The maximum atomic E-state index is 12.9. The van der Waals surface area contributed by atoms with Crippen molar-refractivity contribution in [1.82, 2.24) is 0 Å². The molecule has 6 heteroatoms. The Balaban J connectivity index is 4.38. The Morgan fingerprint density at radius 3 is 0.861 bits per heavy atom. The Kier molecular flexibility index (Phi) is 58.2.